The van der Waals surface area contributed by atoms with Crippen molar-refractivity contribution in [1.82, 2.24) is 4.90 Å². The van der Waals surface area contributed by atoms with Gasteiger partial charge in [-0.2, -0.15) is 5.26 Å². The zero-order valence-electron chi connectivity index (χ0n) is 13.9. The Morgan fingerprint density at radius 3 is 2.72 bits per heavy atom. The highest BCUT2D eigenvalue weighted by molar-refractivity contribution is 6.01. The van der Waals surface area contributed by atoms with Gasteiger partial charge in [-0.25, -0.2) is 0 Å². The van der Waals surface area contributed by atoms with Crippen molar-refractivity contribution in [2.45, 2.75) is 13.5 Å². The number of carbonyl (C=O) groups excluding carboxylic acids is 2. The maximum absolute atomic E-state index is 12.6. The van der Waals surface area contributed by atoms with Crippen molar-refractivity contribution in [3.63, 3.8) is 0 Å². The van der Waals surface area contributed by atoms with Crippen molar-refractivity contribution in [3.05, 3.63) is 65.7 Å². The lowest BCUT2D eigenvalue weighted by atomic mass is 9.96. The SMILES string of the molecule is C=C(C#N)CN1Cc2c(cccc2-c2cccc(NC(C)=O)c2)C1=O. The largest absolute Gasteiger partial charge is 0.329 e. The average Bonchev–Trinajstić information content (AvgIpc) is 2.90. The first kappa shape index (κ1) is 16.5. The number of carbonyl (C=O) groups is 2. The summed E-state index contributed by atoms with van der Waals surface area (Å²) in [5, 5.41) is 11.7. The molecule has 0 atom stereocenters. The van der Waals surface area contributed by atoms with E-state index >= 15 is 0 Å². The van der Waals surface area contributed by atoms with E-state index in [1.165, 1.54) is 6.92 Å². The van der Waals surface area contributed by atoms with E-state index in [0.29, 0.717) is 23.4 Å². The summed E-state index contributed by atoms with van der Waals surface area (Å²) >= 11 is 0. The van der Waals surface area contributed by atoms with Crippen LogP contribution in [0, 0.1) is 11.3 Å². The Kier molecular flexibility index (Phi) is 4.36. The van der Waals surface area contributed by atoms with E-state index in [1.54, 1.807) is 11.0 Å². The number of hydrogen-bond donors (Lipinski definition) is 1. The molecule has 1 N–H and O–H groups in total. The smallest absolute Gasteiger partial charge is 0.254 e. The second kappa shape index (κ2) is 6.62. The van der Waals surface area contributed by atoms with E-state index in [-0.39, 0.29) is 18.4 Å². The lowest BCUT2D eigenvalue weighted by molar-refractivity contribution is -0.114. The second-order valence-corrected chi connectivity index (χ2v) is 5.97. The van der Waals surface area contributed by atoms with Gasteiger partial charge in [-0.05, 0) is 34.9 Å². The third-order valence-electron chi connectivity index (χ3n) is 4.08. The fourth-order valence-electron chi connectivity index (χ4n) is 3.02. The number of nitriles is 1. The molecule has 1 aliphatic rings. The molecule has 2 aromatic rings. The van der Waals surface area contributed by atoms with Gasteiger partial charge in [0.15, 0.2) is 0 Å². The number of rotatable bonds is 4. The summed E-state index contributed by atoms with van der Waals surface area (Å²) < 4.78 is 0. The van der Waals surface area contributed by atoms with Crippen molar-refractivity contribution >= 4 is 17.5 Å². The molecule has 3 rings (SSSR count). The molecular weight excluding hydrogens is 314 g/mol. The third kappa shape index (κ3) is 3.29. The Balaban J connectivity index is 1.98. The minimum atomic E-state index is -0.133. The highest BCUT2D eigenvalue weighted by Crippen LogP contribution is 2.33. The molecule has 5 nitrogen and oxygen atoms in total. The molecule has 0 aliphatic carbocycles. The van der Waals surface area contributed by atoms with Gasteiger partial charge in [-0.3, -0.25) is 9.59 Å². The molecule has 2 amide bonds. The van der Waals surface area contributed by atoms with Crippen molar-refractivity contribution in [2.24, 2.45) is 0 Å². The zero-order chi connectivity index (χ0) is 18.0. The number of anilines is 1. The maximum atomic E-state index is 12.6. The summed E-state index contributed by atoms with van der Waals surface area (Å²) in [5.74, 6) is -0.224. The molecule has 0 radical (unpaired) electrons. The van der Waals surface area contributed by atoms with Crippen LogP contribution in [0.5, 0.6) is 0 Å². The first-order chi connectivity index (χ1) is 12.0. The van der Waals surface area contributed by atoms with Crippen molar-refractivity contribution in [2.75, 3.05) is 11.9 Å². The van der Waals surface area contributed by atoms with Gasteiger partial charge in [-0.15, -0.1) is 0 Å². The zero-order valence-corrected chi connectivity index (χ0v) is 13.9. The van der Waals surface area contributed by atoms with Crippen LogP contribution in [0.2, 0.25) is 0 Å². The van der Waals surface area contributed by atoms with Gasteiger partial charge in [0.05, 0.1) is 12.6 Å². The molecular formula is C20H17N3O2. The Labute approximate surface area is 146 Å². The van der Waals surface area contributed by atoms with E-state index in [9.17, 15) is 9.59 Å². The van der Waals surface area contributed by atoms with Gasteiger partial charge in [0.1, 0.15) is 0 Å². The number of nitrogens with zero attached hydrogens (tertiary/aromatic N) is 2. The maximum Gasteiger partial charge on any atom is 0.254 e. The molecule has 0 fully saturated rings. The van der Waals surface area contributed by atoms with E-state index < -0.39 is 0 Å². The molecule has 124 valence electrons. The second-order valence-electron chi connectivity index (χ2n) is 5.97. The molecule has 0 spiro atoms. The fourth-order valence-corrected chi connectivity index (χ4v) is 3.02. The van der Waals surface area contributed by atoms with Crippen LogP contribution >= 0.6 is 0 Å². The summed E-state index contributed by atoms with van der Waals surface area (Å²) in [6.07, 6.45) is 0. The first-order valence-corrected chi connectivity index (χ1v) is 7.86. The van der Waals surface area contributed by atoms with Crippen LogP contribution in [0.3, 0.4) is 0 Å². The van der Waals surface area contributed by atoms with Crippen LogP contribution in [0.15, 0.2) is 54.6 Å². The molecule has 0 bridgehead atoms. The van der Waals surface area contributed by atoms with E-state index in [1.807, 2.05) is 42.5 Å². The standard InChI is InChI=1S/C20H17N3O2/c1-13(10-21)11-23-12-19-17(7-4-8-18(19)20(23)25)15-5-3-6-16(9-15)22-14(2)24/h3-9H,1,11-12H2,2H3,(H,22,24). The lowest BCUT2D eigenvalue weighted by Crippen LogP contribution is -2.25. The molecule has 2 aromatic carbocycles. The number of fused-ring (bicyclic) bond motifs is 1. The molecule has 0 aromatic heterocycles. The number of nitrogens with one attached hydrogen (secondary N) is 1. The van der Waals surface area contributed by atoms with Gasteiger partial charge in [0.25, 0.3) is 5.91 Å². The van der Waals surface area contributed by atoms with Crippen LogP contribution in [0.4, 0.5) is 5.69 Å². The van der Waals surface area contributed by atoms with E-state index in [2.05, 4.69) is 11.9 Å². The van der Waals surface area contributed by atoms with Gasteiger partial charge >= 0.3 is 0 Å². The van der Waals surface area contributed by atoms with Gasteiger partial charge in [0, 0.05) is 30.3 Å². The van der Waals surface area contributed by atoms with Crippen molar-refractivity contribution in [1.29, 1.82) is 5.26 Å². The Hall–Kier alpha value is -3.39. The van der Waals surface area contributed by atoms with Crippen molar-refractivity contribution in [3.8, 4) is 17.2 Å². The molecule has 1 aliphatic heterocycles. The fraction of sp³-hybridized carbons (Fsp3) is 0.150. The van der Waals surface area contributed by atoms with Gasteiger partial charge < -0.3 is 10.2 Å². The monoisotopic (exact) mass is 331 g/mol. The minimum absolute atomic E-state index is 0.0914. The lowest BCUT2D eigenvalue weighted by Gasteiger charge is -2.14. The molecule has 1 heterocycles. The molecule has 0 saturated heterocycles. The summed E-state index contributed by atoms with van der Waals surface area (Å²) in [7, 11) is 0. The number of amides is 2. The van der Waals surface area contributed by atoms with Gasteiger partial charge in [-0.1, -0.05) is 30.8 Å². The van der Waals surface area contributed by atoms with Crippen molar-refractivity contribution < 1.29 is 9.59 Å². The Morgan fingerprint density at radius 2 is 2.00 bits per heavy atom. The van der Waals surface area contributed by atoms with E-state index in [4.69, 9.17) is 5.26 Å². The minimum Gasteiger partial charge on any atom is -0.329 e. The average molecular weight is 331 g/mol. The summed E-state index contributed by atoms with van der Waals surface area (Å²) in [6, 6.07) is 15.1. The number of benzene rings is 2. The summed E-state index contributed by atoms with van der Waals surface area (Å²) in [5.41, 5.74) is 4.52. The third-order valence-corrected chi connectivity index (χ3v) is 4.08. The highest BCUT2D eigenvalue weighted by Gasteiger charge is 2.29. The van der Waals surface area contributed by atoms with Crippen LogP contribution in [-0.2, 0) is 11.3 Å². The predicted octanol–water partition coefficient (Wildman–Crippen LogP) is 3.35. The topological polar surface area (TPSA) is 73.2 Å². The highest BCUT2D eigenvalue weighted by atomic mass is 16.2. The quantitative estimate of drug-likeness (QED) is 0.873. The Bertz CT molecular complexity index is 925. The van der Waals surface area contributed by atoms with Crippen LogP contribution in [0.25, 0.3) is 11.1 Å². The number of hydrogen-bond acceptors (Lipinski definition) is 3. The van der Waals surface area contributed by atoms with Gasteiger partial charge in [0.2, 0.25) is 5.91 Å². The molecule has 0 saturated carbocycles. The molecule has 0 unspecified atom stereocenters. The van der Waals surface area contributed by atoms with Crippen LogP contribution < -0.4 is 5.32 Å². The summed E-state index contributed by atoms with van der Waals surface area (Å²) in [6.45, 7) is 5.79. The molecule has 5 heteroatoms. The normalized spacial score (nSPS) is 12.5. The molecule has 25 heavy (non-hydrogen) atoms. The van der Waals surface area contributed by atoms with E-state index in [0.717, 1.165) is 16.7 Å². The van der Waals surface area contributed by atoms with Crippen LogP contribution in [0.1, 0.15) is 22.8 Å². The first-order valence-electron chi connectivity index (χ1n) is 7.86. The van der Waals surface area contributed by atoms with Crippen LogP contribution in [-0.4, -0.2) is 23.3 Å². The predicted molar refractivity (Wildman–Crippen MR) is 95.7 cm³/mol. The Morgan fingerprint density at radius 1 is 1.28 bits per heavy atom. The summed E-state index contributed by atoms with van der Waals surface area (Å²) in [4.78, 5) is 25.5.